The van der Waals surface area contributed by atoms with Crippen molar-refractivity contribution in [3.05, 3.63) is 179 Å². The van der Waals surface area contributed by atoms with Crippen LogP contribution in [-0.4, -0.2) is 26.4 Å². The lowest BCUT2D eigenvalue weighted by Gasteiger charge is -2.56. The molecule has 6 rings (SSSR count). The van der Waals surface area contributed by atoms with Crippen LogP contribution >= 0.6 is 11.6 Å². The van der Waals surface area contributed by atoms with E-state index in [0.29, 0.717) is 27.3 Å². The summed E-state index contributed by atoms with van der Waals surface area (Å²) in [4.78, 5) is 29.6. The number of sulfonamides is 1. The number of anilines is 1. The minimum Gasteiger partial charge on any atom is -0.460 e. The van der Waals surface area contributed by atoms with Crippen molar-refractivity contribution in [3.63, 3.8) is 0 Å². The van der Waals surface area contributed by atoms with Gasteiger partial charge in [0.25, 0.3) is 10.0 Å². The number of hydrogen-bond donors (Lipinski definition) is 0. The number of ether oxygens (including phenoxy) is 2. The number of carbonyl (C=O) groups is 2. The lowest BCUT2D eigenvalue weighted by molar-refractivity contribution is -0.181. The van der Waals surface area contributed by atoms with Crippen LogP contribution in [0.3, 0.4) is 0 Å². The zero-order valence-electron chi connectivity index (χ0n) is 26.7. The molecule has 0 radical (unpaired) electrons. The van der Waals surface area contributed by atoms with Crippen molar-refractivity contribution in [2.24, 2.45) is 5.41 Å². The van der Waals surface area contributed by atoms with E-state index in [-0.39, 0.29) is 23.8 Å². The smallest absolute Gasteiger partial charge is 0.327 e. The van der Waals surface area contributed by atoms with Gasteiger partial charge in [0.15, 0.2) is 0 Å². The van der Waals surface area contributed by atoms with Crippen LogP contribution < -0.4 is 4.31 Å². The van der Waals surface area contributed by atoms with Crippen LogP contribution in [0, 0.1) is 12.3 Å². The molecule has 0 aromatic heterocycles. The van der Waals surface area contributed by atoms with E-state index >= 15 is 0 Å². The molecule has 0 spiro atoms. The zero-order chi connectivity index (χ0) is 34.6. The van der Waals surface area contributed by atoms with Gasteiger partial charge in [-0.25, -0.2) is 8.42 Å². The maximum Gasteiger partial charge on any atom is 0.327 e. The van der Waals surface area contributed by atoms with Gasteiger partial charge in [0.05, 0.1) is 16.6 Å². The lowest BCUT2D eigenvalue weighted by Crippen LogP contribution is -2.70. The molecule has 0 bridgehead atoms. The van der Waals surface area contributed by atoms with E-state index in [9.17, 15) is 18.0 Å². The van der Waals surface area contributed by atoms with Crippen molar-refractivity contribution in [1.29, 1.82) is 0 Å². The number of halogens is 1. The highest BCUT2D eigenvalue weighted by atomic mass is 35.5. The highest BCUT2D eigenvalue weighted by molar-refractivity contribution is 7.92. The molecule has 0 amide bonds. The molecule has 0 heterocycles. The summed E-state index contributed by atoms with van der Waals surface area (Å²) >= 11 is 6.44. The quantitative estimate of drug-likeness (QED) is 0.0792. The summed E-state index contributed by atoms with van der Waals surface area (Å²) in [5.41, 5.74) is 1.03. The van der Waals surface area contributed by atoms with E-state index in [4.69, 9.17) is 21.1 Å². The topological polar surface area (TPSA) is 90.0 Å². The van der Waals surface area contributed by atoms with E-state index < -0.39 is 39.3 Å². The summed E-state index contributed by atoms with van der Waals surface area (Å²) in [6, 6.07) is 38.1. The fourth-order valence-electron chi connectivity index (χ4n) is 6.36. The lowest BCUT2D eigenvalue weighted by atomic mass is 9.51. The summed E-state index contributed by atoms with van der Waals surface area (Å²) in [7, 11) is -4.42. The number of rotatable bonds is 11. The first-order valence-electron chi connectivity index (χ1n) is 15.7. The van der Waals surface area contributed by atoms with Gasteiger partial charge in [-0.2, -0.15) is 0 Å². The minimum absolute atomic E-state index is 0.0230. The average Bonchev–Trinajstić information content (AvgIpc) is 3.11. The average molecular weight is 692 g/mol. The van der Waals surface area contributed by atoms with Crippen molar-refractivity contribution in [2.75, 3.05) is 4.31 Å². The van der Waals surface area contributed by atoms with E-state index in [1.165, 1.54) is 12.1 Å². The normalized spacial score (nSPS) is 16.7. The Labute approximate surface area is 291 Å². The number of para-hydroxylation sites is 1. The van der Waals surface area contributed by atoms with E-state index in [0.717, 1.165) is 9.87 Å². The molecule has 5 aromatic rings. The second-order valence-electron chi connectivity index (χ2n) is 11.9. The van der Waals surface area contributed by atoms with Gasteiger partial charge in [-0.15, -0.1) is 0 Å². The number of benzene rings is 5. The Balaban J connectivity index is 1.56. The first-order chi connectivity index (χ1) is 23.6. The standard InChI is InChI=1S/C40H34ClNO6S/c1-28-21-23-35(24-22-28)49(45,46)42(34-19-10-5-11-20-34)37-29(2)36(32-17-12-18-33(41)25-32)40(37,38(43)47-26-30-13-6-3-7-14-30)39(44)48-27-31-15-8-4-9-16-31/h3-25,36-37H,2,26-27H2,1H3/t36-,37+/m0/s1. The number of aryl methyl sites for hydroxylation is 1. The molecule has 49 heavy (non-hydrogen) atoms. The van der Waals surface area contributed by atoms with Crippen LogP contribution in [0.4, 0.5) is 5.69 Å². The van der Waals surface area contributed by atoms with Crippen LogP contribution in [0.1, 0.15) is 28.2 Å². The summed E-state index contributed by atoms with van der Waals surface area (Å²) in [5.74, 6) is -2.93. The molecule has 2 atom stereocenters. The number of nitrogens with zero attached hydrogens (tertiary/aromatic N) is 1. The van der Waals surface area contributed by atoms with Gasteiger partial charge < -0.3 is 9.47 Å². The molecular formula is C40H34ClNO6S. The third kappa shape index (κ3) is 6.49. The maximum atomic E-state index is 14.8. The summed E-state index contributed by atoms with van der Waals surface area (Å²) < 4.78 is 42.6. The van der Waals surface area contributed by atoms with Crippen molar-refractivity contribution >= 4 is 39.3 Å². The summed E-state index contributed by atoms with van der Waals surface area (Å²) in [6.45, 7) is 5.86. The zero-order valence-corrected chi connectivity index (χ0v) is 28.3. The van der Waals surface area contributed by atoms with Gasteiger partial charge in [-0.3, -0.25) is 13.9 Å². The summed E-state index contributed by atoms with van der Waals surface area (Å²) in [6.07, 6.45) is 0. The molecule has 1 aliphatic carbocycles. The van der Waals surface area contributed by atoms with Gasteiger partial charge in [-0.1, -0.05) is 127 Å². The fraction of sp³-hybridized carbons (Fsp3) is 0.150. The second-order valence-corrected chi connectivity index (χ2v) is 14.2. The van der Waals surface area contributed by atoms with Crippen LogP contribution in [0.15, 0.2) is 157 Å². The highest BCUT2D eigenvalue weighted by Crippen LogP contribution is 2.61. The number of esters is 2. The minimum atomic E-state index is -4.42. The molecular weight excluding hydrogens is 658 g/mol. The molecule has 0 N–H and O–H groups in total. The molecule has 1 fully saturated rings. The first-order valence-corrected chi connectivity index (χ1v) is 17.5. The van der Waals surface area contributed by atoms with Crippen LogP contribution in [0.2, 0.25) is 5.02 Å². The highest BCUT2D eigenvalue weighted by Gasteiger charge is 2.73. The maximum absolute atomic E-state index is 14.8. The first kappa shape index (κ1) is 33.7. The number of hydrogen-bond acceptors (Lipinski definition) is 6. The Bertz CT molecular complexity index is 2010. The van der Waals surface area contributed by atoms with Crippen molar-refractivity contribution in [1.82, 2.24) is 0 Å². The molecule has 0 aliphatic heterocycles. The van der Waals surface area contributed by atoms with Crippen molar-refractivity contribution in [2.45, 2.75) is 37.0 Å². The van der Waals surface area contributed by atoms with Crippen LogP contribution in [-0.2, 0) is 42.3 Å². The largest absolute Gasteiger partial charge is 0.460 e. The van der Waals surface area contributed by atoms with E-state index in [1.807, 2.05) is 19.1 Å². The Morgan fingerprint density at radius 3 is 1.76 bits per heavy atom. The Morgan fingerprint density at radius 1 is 0.735 bits per heavy atom. The molecule has 7 nitrogen and oxygen atoms in total. The molecule has 1 aliphatic rings. The Morgan fingerprint density at radius 2 is 1.24 bits per heavy atom. The fourth-order valence-corrected chi connectivity index (χ4v) is 8.24. The molecule has 1 saturated carbocycles. The predicted octanol–water partition coefficient (Wildman–Crippen LogP) is 8.04. The number of carbonyl (C=O) groups excluding carboxylic acids is 2. The SMILES string of the molecule is C=C1[C@@H](c2cccc(Cl)c2)C(C(=O)OCc2ccccc2)(C(=O)OCc2ccccc2)[C@@H]1N(c1ccccc1)S(=O)(=O)c1ccc(C)cc1. The Kier molecular flexibility index (Phi) is 9.72. The van der Waals surface area contributed by atoms with Crippen LogP contribution in [0.5, 0.6) is 0 Å². The molecule has 0 unspecified atom stereocenters. The Hall–Kier alpha value is -5.18. The third-order valence-electron chi connectivity index (χ3n) is 8.71. The second kappa shape index (κ2) is 14.1. The van der Waals surface area contributed by atoms with Crippen LogP contribution in [0.25, 0.3) is 0 Å². The third-order valence-corrected chi connectivity index (χ3v) is 10.8. The van der Waals surface area contributed by atoms with Gasteiger partial charge in [-0.05, 0) is 65.6 Å². The predicted molar refractivity (Wildman–Crippen MR) is 189 cm³/mol. The molecule has 5 aromatic carbocycles. The summed E-state index contributed by atoms with van der Waals surface area (Å²) in [5, 5.41) is 0.366. The van der Waals surface area contributed by atoms with Gasteiger partial charge in [0.1, 0.15) is 13.2 Å². The molecule has 9 heteroatoms. The van der Waals surface area contributed by atoms with E-state index in [1.54, 1.807) is 115 Å². The van der Waals surface area contributed by atoms with Crippen molar-refractivity contribution in [3.8, 4) is 0 Å². The monoisotopic (exact) mass is 691 g/mol. The van der Waals surface area contributed by atoms with Gasteiger partial charge in [0, 0.05) is 10.9 Å². The van der Waals surface area contributed by atoms with Gasteiger partial charge in [0.2, 0.25) is 5.41 Å². The van der Waals surface area contributed by atoms with Gasteiger partial charge >= 0.3 is 11.9 Å². The van der Waals surface area contributed by atoms with E-state index in [2.05, 4.69) is 6.58 Å². The molecule has 248 valence electrons. The molecule has 0 saturated heterocycles. The van der Waals surface area contributed by atoms with Crippen molar-refractivity contribution < 1.29 is 27.5 Å².